The van der Waals surface area contributed by atoms with Gasteiger partial charge in [0.2, 0.25) is 5.88 Å². The van der Waals surface area contributed by atoms with Crippen LogP contribution in [-0.2, 0) is 0 Å². The molecule has 0 atom stereocenters. The maximum atomic E-state index is 5.56. The molecule has 0 spiro atoms. The first-order valence-electron chi connectivity index (χ1n) is 5.61. The lowest BCUT2D eigenvalue weighted by Crippen LogP contribution is -1.94. The number of hydrogen-bond donors (Lipinski definition) is 0. The van der Waals surface area contributed by atoms with Crippen molar-refractivity contribution in [1.82, 2.24) is 19.9 Å². The van der Waals surface area contributed by atoms with Gasteiger partial charge in [0.15, 0.2) is 0 Å². The van der Waals surface area contributed by atoms with Crippen molar-refractivity contribution in [2.45, 2.75) is 0 Å². The van der Waals surface area contributed by atoms with E-state index in [0.29, 0.717) is 11.6 Å². The van der Waals surface area contributed by atoms with E-state index >= 15 is 0 Å². The second-order valence-electron chi connectivity index (χ2n) is 3.69. The second-order valence-corrected chi connectivity index (χ2v) is 3.69. The third-order valence-corrected chi connectivity index (χ3v) is 2.47. The highest BCUT2D eigenvalue weighted by Gasteiger charge is 2.04. The van der Waals surface area contributed by atoms with E-state index in [9.17, 15) is 0 Å². The van der Waals surface area contributed by atoms with Crippen LogP contribution in [0, 0.1) is 0 Å². The van der Waals surface area contributed by atoms with Gasteiger partial charge in [-0.3, -0.25) is 9.97 Å². The highest BCUT2D eigenvalue weighted by Crippen LogP contribution is 2.22. The monoisotopic (exact) mass is 254 g/mol. The number of benzene rings is 1. The van der Waals surface area contributed by atoms with E-state index in [0.717, 1.165) is 11.0 Å². The topological polar surface area (TPSA) is 70.0 Å². The van der Waals surface area contributed by atoms with Crippen molar-refractivity contribution in [3.05, 3.63) is 42.9 Å². The zero-order chi connectivity index (χ0) is 13.1. The predicted molar refractivity (Wildman–Crippen MR) is 68.2 cm³/mol. The number of fused-ring (bicyclic) bond motifs is 1. The van der Waals surface area contributed by atoms with E-state index in [1.807, 2.05) is 6.07 Å². The average molecular weight is 254 g/mol. The fourth-order valence-corrected chi connectivity index (χ4v) is 1.60. The molecule has 3 rings (SSSR count). The van der Waals surface area contributed by atoms with Crippen molar-refractivity contribution >= 4 is 11.0 Å². The van der Waals surface area contributed by atoms with Crippen LogP contribution >= 0.6 is 0 Å². The highest BCUT2D eigenvalue weighted by atomic mass is 16.5. The van der Waals surface area contributed by atoms with E-state index < -0.39 is 0 Å². The van der Waals surface area contributed by atoms with Crippen LogP contribution in [0.15, 0.2) is 42.9 Å². The second kappa shape index (κ2) is 4.85. The Morgan fingerprint density at radius 3 is 2.58 bits per heavy atom. The molecule has 0 radical (unpaired) electrons. The molecule has 0 aliphatic rings. The molecule has 0 amide bonds. The Morgan fingerprint density at radius 1 is 0.895 bits per heavy atom. The van der Waals surface area contributed by atoms with Gasteiger partial charge >= 0.3 is 6.01 Å². The molecule has 3 aromatic rings. The maximum absolute atomic E-state index is 5.56. The quantitative estimate of drug-likeness (QED) is 0.713. The van der Waals surface area contributed by atoms with Crippen LogP contribution in [0.4, 0.5) is 0 Å². The Labute approximate surface area is 109 Å². The van der Waals surface area contributed by atoms with Gasteiger partial charge in [-0.15, -0.1) is 0 Å². The van der Waals surface area contributed by atoms with Gasteiger partial charge in [-0.1, -0.05) is 0 Å². The fraction of sp³-hybridized carbons (Fsp3) is 0.0769. The van der Waals surface area contributed by atoms with Gasteiger partial charge in [0, 0.05) is 30.7 Å². The van der Waals surface area contributed by atoms with E-state index in [4.69, 9.17) is 9.47 Å². The van der Waals surface area contributed by atoms with Crippen LogP contribution in [0.5, 0.6) is 17.6 Å². The Kier molecular flexibility index (Phi) is 2.89. The van der Waals surface area contributed by atoms with Crippen molar-refractivity contribution in [3.63, 3.8) is 0 Å². The minimum atomic E-state index is 0.225. The first-order chi connectivity index (χ1) is 9.35. The first-order valence-corrected chi connectivity index (χ1v) is 5.61. The smallest absolute Gasteiger partial charge is 0.325 e. The van der Waals surface area contributed by atoms with Crippen LogP contribution in [-0.4, -0.2) is 27.0 Å². The number of rotatable bonds is 3. The average Bonchev–Trinajstić information content (AvgIpc) is 2.47. The molecule has 19 heavy (non-hydrogen) atoms. The van der Waals surface area contributed by atoms with Crippen LogP contribution in [0.3, 0.4) is 0 Å². The van der Waals surface area contributed by atoms with E-state index in [-0.39, 0.29) is 6.01 Å². The third-order valence-electron chi connectivity index (χ3n) is 2.47. The lowest BCUT2D eigenvalue weighted by Gasteiger charge is -2.05. The fourth-order valence-electron chi connectivity index (χ4n) is 1.60. The van der Waals surface area contributed by atoms with Gasteiger partial charge in [-0.05, 0) is 12.1 Å². The Bertz CT molecular complexity index is 718. The predicted octanol–water partition coefficient (Wildman–Crippen LogP) is 2.22. The summed E-state index contributed by atoms with van der Waals surface area (Å²) in [7, 11) is 1.54. The summed E-state index contributed by atoms with van der Waals surface area (Å²) in [5.41, 5.74) is 1.56. The normalized spacial score (nSPS) is 10.4. The first kappa shape index (κ1) is 11.3. The molecule has 6 heteroatoms. The van der Waals surface area contributed by atoms with E-state index in [1.54, 1.807) is 36.8 Å². The van der Waals surface area contributed by atoms with Gasteiger partial charge in [0.05, 0.1) is 18.1 Å². The molecule has 0 saturated heterocycles. The lowest BCUT2D eigenvalue weighted by molar-refractivity contribution is 0.376. The molecule has 0 fully saturated rings. The van der Waals surface area contributed by atoms with Crippen molar-refractivity contribution in [2.75, 3.05) is 7.11 Å². The molecule has 2 aromatic heterocycles. The van der Waals surface area contributed by atoms with Gasteiger partial charge in [0.25, 0.3) is 0 Å². The summed E-state index contributed by atoms with van der Waals surface area (Å²) in [6.07, 6.45) is 4.85. The van der Waals surface area contributed by atoms with Gasteiger partial charge in [-0.2, -0.15) is 4.98 Å². The zero-order valence-corrected chi connectivity index (χ0v) is 10.1. The largest absolute Gasteiger partial charge is 0.481 e. The maximum Gasteiger partial charge on any atom is 0.325 e. The summed E-state index contributed by atoms with van der Waals surface area (Å²) in [6, 6.07) is 7.28. The minimum absolute atomic E-state index is 0.225. The molecule has 94 valence electrons. The standard InChI is InChI=1S/C13H10N4O2/c1-18-12-4-5-16-13(17-12)19-9-2-3-10-11(8-9)15-7-6-14-10/h2-8H,1H3. The number of ether oxygens (including phenoxy) is 2. The van der Waals surface area contributed by atoms with Crippen LogP contribution in [0.1, 0.15) is 0 Å². The molecule has 1 aromatic carbocycles. The Balaban J connectivity index is 1.92. The molecule has 6 nitrogen and oxygen atoms in total. The summed E-state index contributed by atoms with van der Waals surface area (Å²) >= 11 is 0. The molecule has 0 aliphatic heterocycles. The van der Waals surface area contributed by atoms with E-state index in [2.05, 4.69) is 19.9 Å². The van der Waals surface area contributed by atoms with Gasteiger partial charge < -0.3 is 9.47 Å². The van der Waals surface area contributed by atoms with Crippen LogP contribution in [0.25, 0.3) is 11.0 Å². The Hall–Kier alpha value is -2.76. The van der Waals surface area contributed by atoms with E-state index in [1.165, 1.54) is 7.11 Å². The molecular formula is C13H10N4O2. The van der Waals surface area contributed by atoms with Gasteiger partial charge in [-0.25, -0.2) is 4.98 Å². The number of aromatic nitrogens is 4. The van der Waals surface area contributed by atoms with Crippen molar-refractivity contribution in [3.8, 4) is 17.6 Å². The van der Waals surface area contributed by atoms with Gasteiger partial charge in [0.1, 0.15) is 5.75 Å². The third kappa shape index (κ3) is 2.42. The number of nitrogens with zero attached hydrogens (tertiary/aromatic N) is 4. The summed E-state index contributed by atoms with van der Waals surface area (Å²) in [5, 5.41) is 0. The molecule has 0 bridgehead atoms. The SMILES string of the molecule is COc1ccnc(Oc2ccc3nccnc3c2)n1. The summed E-state index contributed by atoms with van der Waals surface area (Å²) < 4.78 is 10.6. The molecule has 0 N–H and O–H groups in total. The minimum Gasteiger partial charge on any atom is -0.481 e. The molecule has 2 heterocycles. The molecular weight excluding hydrogens is 244 g/mol. The summed E-state index contributed by atoms with van der Waals surface area (Å²) in [6.45, 7) is 0. The summed E-state index contributed by atoms with van der Waals surface area (Å²) in [4.78, 5) is 16.5. The highest BCUT2D eigenvalue weighted by molar-refractivity contribution is 5.75. The van der Waals surface area contributed by atoms with Crippen molar-refractivity contribution in [2.24, 2.45) is 0 Å². The van der Waals surface area contributed by atoms with Crippen molar-refractivity contribution in [1.29, 1.82) is 0 Å². The zero-order valence-electron chi connectivity index (χ0n) is 10.1. The van der Waals surface area contributed by atoms with Crippen LogP contribution in [0.2, 0.25) is 0 Å². The molecule has 0 aliphatic carbocycles. The summed E-state index contributed by atoms with van der Waals surface area (Å²) in [5.74, 6) is 1.05. The Morgan fingerprint density at radius 2 is 1.74 bits per heavy atom. The molecule has 0 saturated carbocycles. The number of methoxy groups -OCH3 is 1. The van der Waals surface area contributed by atoms with Crippen molar-refractivity contribution < 1.29 is 9.47 Å². The number of hydrogen-bond acceptors (Lipinski definition) is 6. The molecule has 0 unspecified atom stereocenters. The lowest BCUT2D eigenvalue weighted by atomic mass is 10.3. The van der Waals surface area contributed by atoms with Crippen LogP contribution < -0.4 is 9.47 Å².